The van der Waals surface area contributed by atoms with Crippen molar-refractivity contribution in [1.82, 2.24) is 14.3 Å². The second kappa shape index (κ2) is 10.7. The molecule has 1 amide bonds. The van der Waals surface area contributed by atoms with Gasteiger partial charge in [-0.15, -0.1) is 0 Å². The number of nitrogens with zero attached hydrogens (tertiary/aromatic N) is 3. The smallest absolute Gasteiger partial charge is 0.227 e. The summed E-state index contributed by atoms with van der Waals surface area (Å²) < 4.78 is 2.46. The normalized spacial score (nSPS) is 18.2. The van der Waals surface area contributed by atoms with Gasteiger partial charge in [-0.05, 0) is 55.5 Å². The molecule has 1 saturated carbocycles. The second-order valence-electron chi connectivity index (χ2n) is 9.31. The van der Waals surface area contributed by atoms with Gasteiger partial charge in [0.2, 0.25) is 5.91 Å². The number of fused-ring (bicyclic) bond motifs is 1. The van der Waals surface area contributed by atoms with E-state index in [-0.39, 0.29) is 17.9 Å². The number of aromatic amines is 1. The molecule has 2 aliphatic rings. The van der Waals surface area contributed by atoms with Gasteiger partial charge in [-0.1, -0.05) is 49.6 Å². The zero-order chi connectivity index (χ0) is 23.3. The molecule has 5 rings (SSSR count). The lowest BCUT2D eigenvalue weighted by Crippen LogP contribution is -2.31. The molecule has 3 aromatic rings. The highest BCUT2D eigenvalue weighted by molar-refractivity contribution is 7.97. The van der Waals surface area contributed by atoms with Crippen LogP contribution in [0.3, 0.4) is 0 Å². The van der Waals surface area contributed by atoms with E-state index in [1.165, 1.54) is 16.9 Å². The fraction of sp³-hybridized carbons (Fsp3) is 0.407. The summed E-state index contributed by atoms with van der Waals surface area (Å²) in [6.07, 6.45) is 9.26. The van der Waals surface area contributed by atoms with Gasteiger partial charge in [0.1, 0.15) is 0 Å². The first-order valence-corrected chi connectivity index (χ1v) is 13.1. The van der Waals surface area contributed by atoms with E-state index in [9.17, 15) is 4.79 Å². The minimum Gasteiger partial charge on any atom is -0.363 e. The van der Waals surface area contributed by atoms with Crippen LogP contribution >= 0.6 is 11.9 Å². The van der Waals surface area contributed by atoms with Crippen LogP contribution in [0.25, 0.3) is 0 Å². The number of nitrogens with one attached hydrogen (secondary N) is 2. The predicted molar refractivity (Wildman–Crippen MR) is 139 cm³/mol. The molecule has 6 nitrogen and oxygen atoms in total. The van der Waals surface area contributed by atoms with Crippen LogP contribution in [-0.4, -0.2) is 33.3 Å². The summed E-state index contributed by atoms with van der Waals surface area (Å²) in [5.41, 5.74) is 4.36. The molecule has 0 saturated heterocycles. The lowest BCUT2D eigenvalue weighted by atomic mass is 9.88. The van der Waals surface area contributed by atoms with Gasteiger partial charge in [0, 0.05) is 41.8 Å². The van der Waals surface area contributed by atoms with Crippen LogP contribution in [0.2, 0.25) is 0 Å². The number of anilines is 2. The van der Waals surface area contributed by atoms with Crippen molar-refractivity contribution >= 4 is 29.2 Å². The Labute approximate surface area is 206 Å². The maximum Gasteiger partial charge on any atom is 0.227 e. The van der Waals surface area contributed by atoms with Crippen molar-refractivity contribution in [2.45, 2.75) is 56.5 Å². The second-order valence-corrected chi connectivity index (χ2v) is 10.4. The van der Waals surface area contributed by atoms with E-state index < -0.39 is 0 Å². The van der Waals surface area contributed by atoms with Crippen LogP contribution in [-0.2, 0) is 11.3 Å². The third kappa shape index (κ3) is 5.31. The molecule has 0 radical (unpaired) electrons. The van der Waals surface area contributed by atoms with Gasteiger partial charge in [-0.2, -0.15) is 0 Å². The number of amides is 1. The number of imidazole rings is 1. The highest BCUT2D eigenvalue weighted by Gasteiger charge is 2.26. The number of hydrogen-bond donors (Lipinski definition) is 2. The van der Waals surface area contributed by atoms with Crippen LogP contribution < -0.4 is 10.2 Å². The van der Waals surface area contributed by atoms with Gasteiger partial charge in [0.25, 0.3) is 0 Å². The standard InChI is InChI=1S/C27H33N5OS/c1-20(21-8-4-2-5-9-21)32-15-14-31(18-24-17-28-19-29-24)25-16-23(12-13-26(25)34-32)30-27(33)22-10-6-3-7-11-22/h2,4-5,8-9,12-13,16-17,19-20,22H,3,6-7,10-11,14-15,18H2,1H3,(H,28,29)(H,30,33). The lowest BCUT2D eigenvalue weighted by molar-refractivity contribution is -0.120. The maximum atomic E-state index is 12.9. The molecule has 1 fully saturated rings. The molecule has 2 heterocycles. The van der Waals surface area contributed by atoms with Gasteiger partial charge < -0.3 is 15.2 Å². The largest absolute Gasteiger partial charge is 0.363 e. The van der Waals surface area contributed by atoms with Crippen molar-refractivity contribution in [3.05, 3.63) is 72.3 Å². The van der Waals surface area contributed by atoms with Crippen molar-refractivity contribution in [2.75, 3.05) is 23.3 Å². The average Bonchev–Trinajstić information content (AvgIpc) is 3.33. The molecule has 1 unspecified atom stereocenters. The topological polar surface area (TPSA) is 64.3 Å². The Hall–Kier alpha value is -2.77. The Balaban J connectivity index is 1.40. The number of hydrogen-bond acceptors (Lipinski definition) is 5. The Morgan fingerprint density at radius 2 is 1.97 bits per heavy atom. The van der Waals surface area contributed by atoms with Crippen LogP contribution in [0.1, 0.15) is 56.3 Å². The molecule has 0 spiro atoms. The van der Waals surface area contributed by atoms with Crippen molar-refractivity contribution in [2.24, 2.45) is 5.92 Å². The fourth-order valence-electron chi connectivity index (χ4n) is 4.95. The van der Waals surface area contributed by atoms with E-state index in [1.54, 1.807) is 18.3 Å². The molecule has 1 aliphatic heterocycles. The van der Waals surface area contributed by atoms with Gasteiger partial charge in [0.05, 0.1) is 24.3 Å². The molecular weight excluding hydrogens is 442 g/mol. The van der Waals surface area contributed by atoms with Crippen molar-refractivity contribution in [1.29, 1.82) is 0 Å². The third-order valence-corrected chi connectivity index (χ3v) is 8.25. The molecule has 2 N–H and O–H groups in total. The van der Waals surface area contributed by atoms with Crippen molar-refractivity contribution < 1.29 is 4.79 Å². The summed E-state index contributed by atoms with van der Waals surface area (Å²) in [5.74, 6) is 0.309. The van der Waals surface area contributed by atoms with E-state index in [0.717, 1.165) is 62.4 Å². The van der Waals surface area contributed by atoms with Crippen LogP contribution in [0, 0.1) is 5.92 Å². The third-order valence-electron chi connectivity index (χ3n) is 6.97. The lowest BCUT2D eigenvalue weighted by Gasteiger charge is -2.27. The molecular formula is C27H33N5OS. The van der Waals surface area contributed by atoms with Crippen LogP contribution in [0.15, 0.2) is 66.0 Å². The predicted octanol–water partition coefficient (Wildman–Crippen LogP) is 6.02. The summed E-state index contributed by atoms with van der Waals surface area (Å²) in [5, 5.41) is 3.21. The molecule has 1 atom stereocenters. The van der Waals surface area contributed by atoms with Gasteiger partial charge >= 0.3 is 0 Å². The Bertz CT molecular complexity index is 1080. The number of carbonyl (C=O) groups excluding carboxylic acids is 1. The molecule has 1 aromatic heterocycles. The molecule has 2 aromatic carbocycles. The molecule has 34 heavy (non-hydrogen) atoms. The number of H-pyrrole nitrogens is 1. The van der Waals surface area contributed by atoms with E-state index in [0.29, 0.717) is 0 Å². The Kier molecular flexibility index (Phi) is 7.21. The van der Waals surface area contributed by atoms with Crippen LogP contribution in [0.4, 0.5) is 11.4 Å². The Morgan fingerprint density at radius 3 is 2.74 bits per heavy atom. The molecule has 178 valence electrons. The highest BCUT2D eigenvalue weighted by Crippen LogP contribution is 2.41. The van der Waals surface area contributed by atoms with Crippen LogP contribution in [0.5, 0.6) is 0 Å². The summed E-state index contributed by atoms with van der Waals surface area (Å²) in [4.78, 5) is 24.0. The molecule has 7 heteroatoms. The van der Waals surface area contributed by atoms with E-state index >= 15 is 0 Å². The first kappa shape index (κ1) is 23.0. The zero-order valence-electron chi connectivity index (χ0n) is 19.7. The zero-order valence-corrected chi connectivity index (χ0v) is 20.6. The average molecular weight is 476 g/mol. The Morgan fingerprint density at radius 1 is 1.15 bits per heavy atom. The first-order valence-electron chi connectivity index (χ1n) is 12.3. The summed E-state index contributed by atoms with van der Waals surface area (Å²) in [6, 6.07) is 17.3. The number of aromatic nitrogens is 2. The number of rotatable bonds is 6. The first-order chi connectivity index (χ1) is 16.7. The van der Waals surface area contributed by atoms with Gasteiger partial charge in [0.15, 0.2) is 0 Å². The summed E-state index contributed by atoms with van der Waals surface area (Å²) in [7, 11) is 0. The number of benzene rings is 2. The van der Waals surface area contributed by atoms with E-state index in [4.69, 9.17) is 0 Å². The summed E-state index contributed by atoms with van der Waals surface area (Å²) >= 11 is 1.80. The monoisotopic (exact) mass is 475 g/mol. The molecule has 1 aliphatic carbocycles. The SMILES string of the molecule is CC(c1ccccc1)N1CCN(Cc2c[nH]cn2)c2cc(NC(=O)C3CCCCC3)ccc2S1. The van der Waals surface area contributed by atoms with Gasteiger partial charge in [-0.25, -0.2) is 9.29 Å². The minimum absolute atomic E-state index is 0.143. The minimum atomic E-state index is 0.143. The van der Waals surface area contributed by atoms with E-state index in [1.807, 2.05) is 6.20 Å². The fourth-order valence-corrected chi connectivity index (χ4v) is 6.06. The van der Waals surface area contributed by atoms with Crippen molar-refractivity contribution in [3.63, 3.8) is 0 Å². The maximum absolute atomic E-state index is 12.9. The van der Waals surface area contributed by atoms with E-state index in [2.05, 4.69) is 79.9 Å². The summed E-state index contributed by atoms with van der Waals surface area (Å²) in [6.45, 7) is 4.79. The number of carbonyl (C=O) groups is 1. The highest BCUT2D eigenvalue weighted by atomic mass is 32.2. The van der Waals surface area contributed by atoms with Gasteiger partial charge in [-0.3, -0.25) is 4.79 Å². The molecule has 0 bridgehead atoms. The quantitative estimate of drug-likeness (QED) is 0.427. The van der Waals surface area contributed by atoms with Crippen molar-refractivity contribution in [3.8, 4) is 0 Å².